The Balaban J connectivity index is 1.34. The lowest BCUT2D eigenvalue weighted by Gasteiger charge is -2.37. The van der Waals surface area contributed by atoms with Crippen LogP contribution in [0.15, 0.2) is 66.7 Å². The third-order valence-electron chi connectivity index (χ3n) is 7.36. The number of ether oxygens (including phenoxy) is 3. The van der Waals surface area contributed by atoms with E-state index in [2.05, 4.69) is 10.2 Å². The molecule has 0 atom stereocenters. The van der Waals surface area contributed by atoms with Crippen LogP contribution in [0.25, 0.3) is 0 Å². The third kappa shape index (κ3) is 6.44. The van der Waals surface area contributed by atoms with Gasteiger partial charge in [-0.2, -0.15) is 0 Å². The summed E-state index contributed by atoms with van der Waals surface area (Å²) in [7, 11) is 3.14. The van der Waals surface area contributed by atoms with Crippen LogP contribution in [0.5, 0.6) is 11.5 Å². The fraction of sp³-hybridized carbons (Fsp3) is 0.323. The topological polar surface area (TPSA) is 101 Å². The number of methoxy groups -OCH3 is 2. The minimum atomic E-state index is -0.299. The molecule has 0 saturated carbocycles. The van der Waals surface area contributed by atoms with Crippen LogP contribution < -0.4 is 19.7 Å². The lowest BCUT2D eigenvalue weighted by atomic mass is 10.1. The number of morpholine rings is 1. The highest BCUT2D eigenvalue weighted by atomic mass is 16.5. The lowest BCUT2D eigenvalue weighted by molar-refractivity contribution is 0.0303. The molecular weight excluding hydrogens is 524 g/mol. The Kier molecular flexibility index (Phi) is 8.69. The molecule has 3 aromatic rings. The Morgan fingerprint density at radius 3 is 2.07 bits per heavy atom. The SMILES string of the molecule is COc1ccc(C(=O)N2CCN(c3ccc(NC(=O)c4cccc(OC)c4)cc3C(=O)N3CCOCC3)CC2)cc1. The van der Waals surface area contributed by atoms with E-state index in [4.69, 9.17) is 14.2 Å². The zero-order valence-electron chi connectivity index (χ0n) is 23.3. The van der Waals surface area contributed by atoms with Crippen molar-refractivity contribution in [3.63, 3.8) is 0 Å². The number of carbonyl (C=O) groups excluding carboxylic acids is 3. The van der Waals surface area contributed by atoms with Crippen LogP contribution in [-0.2, 0) is 4.74 Å². The summed E-state index contributed by atoms with van der Waals surface area (Å²) in [6, 6.07) is 19.4. The molecule has 2 aliphatic heterocycles. The van der Waals surface area contributed by atoms with Gasteiger partial charge in [-0.1, -0.05) is 6.07 Å². The van der Waals surface area contributed by atoms with Crippen molar-refractivity contribution in [1.82, 2.24) is 9.80 Å². The average Bonchev–Trinajstić information content (AvgIpc) is 3.04. The van der Waals surface area contributed by atoms with Crippen LogP contribution in [0, 0.1) is 0 Å². The second-order valence-corrected chi connectivity index (χ2v) is 9.83. The van der Waals surface area contributed by atoms with Gasteiger partial charge in [0.25, 0.3) is 17.7 Å². The normalized spacial score (nSPS) is 15.3. The Hall–Kier alpha value is -4.57. The number of hydrogen-bond donors (Lipinski definition) is 1. The number of anilines is 2. The van der Waals surface area contributed by atoms with E-state index >= 15 is 0 Å². The molecule has 2 heterocycles. The molecule has 2 aliphatic rings. The largest absolute Gasteiger partial charge is 0.497 e. The van der Waals surface area contributed by atoms with Gasteiger partial charge in [0.2, 0.25) is 0 Å². The first-order chi connectivity index (χ1) is 20.0. The predicted octanol–water partition coefficient (Wildman–Crippen LogP) is 3.39. The molecule has 41 heavy (non-hydrogen) atoms. The maximum Gasteiger partial charge on any atom is 0.256 e. The molecule has 0 bridgehead atoms. The summed E-state index contributed by atoms with van der Waals surface area (Å²) < 4.78 is 15.9. The van der Waals surface area contributed by atoms with Gasteiger partial charge < -0.3 is 34.2 Å². The van der Waals surface area contributed by atoms with Gasteiger partial charge in [-0.25, -0.2) is 0 Å². The molecule has 5 rings (SSSR count). The molecular formula is C31H34N4O6. The summed E-state index contributed by atoms with van der Waals surface area (Å²) in [4.78, 5) is 45.5. The van der Waals surface area contributed by atoms with Crippen LogP contribution in [-0.4, -0.2) is 94.2 Å². The van der Waals surface area contributed by atoms with Crippen LogP contribution in [0.3, 0.4) is 0 Å². The van der Waals surface area contributed by atoms with E-state index in [1.807, 2.05) is 11.0 Å². The summed E-state index contributed by atoms with van der Waals surface area (Å²) in [6.07, 6.45) is 0. The molecule has 0 unspecified atom stereocenters. The van der Waals surface area contributed by atoms with Crippen molar-refractivity contribution >= 4 is 29.1 Å². The number of benzene rings is 3. The van der Waals surface area contributed by atoms with Crippen molar-refractivity contribution in [3.05, 3.63) is 83.4 Å². The molecule has 3 amide bonds. The highest BCUT2D eigenvalue weighted by Gasteiger charge is 2.28. The van der Waals surface area contributed by atoms with E-state index < -0.39 is 0 Å². The van der Waals surface area contributed by atoms with Crippen LogP contribution in [0.4, 0.5) is 11.4 Å². The van der Waals surface area contributed by atoms with Crippen LogP contribution in [0.2, 0.25) is 0 Å². The summed E-state index contributed by atoms with van der Waals surface area (Å²) in [5, 5.41) is 2.92. The van der Waals surface area contributed by atoms with E-state index in [0.29, 0.717) is 86.4 Å². The van der Waals surface area contributed by atoms with Gasteiger partial charge in [0.05, 0.1) is 33.0 Å². The molecule has 2 fully saturated rings. The third-order valence-corrected chi connectivity index (χ3v) is 7.36. The molecule has 0 spiro atoms. The molecule has 10 nitrogen and oxygen atoms in total. The summed E-state index contributed by atoms with van der Waals surface area (Å²) in [5.74, 6) is 0.838. The molecule has 0 aliphatic carbocycles. The van der Waals surface area contributed by atoms with Crippen molar-refractivity contribution < 1.29 is 28.6 Å². The van der Waals surface area contributed by atoms with E-state index in [1.54, 1.807) is 79.8 Å². The smallest absolute Gasteiger partial charge is 0.256 e. The summed E-state index contributed by atoms with van der Waals surface area (Å²) in [6.45, 7) is 4.15. The average molecular weight is 559 g/mol. The van der Waals surface area contributed by atoms with Crippen molar-refractivity contribution in [1.29, 1.82) is 0 Å². The van der Waals surface area contributed by atoms with E-state index in [9.17, 15) is 14.4 Å². The maximum absolute atomic E-state index is 13.7. The Morgan fingerprint density at radius 2 is 1.39 bits per heavy atom. The van der Waals surface area contributed by atoms with Gasteiger partial charge in [0.15, 0.2) is 0 Å². The highest BCUT2D eigenvalue weighted by Crippen LogP contribution is 2.28. The minimum Gasteiger partial charge on any atom is -0.497 e. The first kappa shape index (κ1) is 28.0. The Labute approximate surface area is 239 Å². The van der Waals surface area contributed by atoms with Crippen molar-refractivity contribution in [2.24, 2.45) is 0 Å². The van der Waals surface area contributed by atoms with E-state index in [1.165, 1.54) is 0 Å². The van der Waals surface area contributed by atoms with E-state index in [0.717, 1.165) is 5.69 Å². The zero-order chi connectivity index (χ0) is 28.8. The maximum atomic E-state index is 13.7. The standard InChI is InChI=1S/C31H34N4O6/c1-39-25-9-6-22(7-10-25)30(37)34-14-12-33(13-15-34)28-11-8-24(21-27(28)31(38)35-16-18-41-19-17-35)32-29(36)23-4-3-5-26(20-23)40-2/h3-11,20-21H,12-19H2,1-2H3,(H,32,36). The molecule has 2 saturated heterocycles. The number of carbonyl (C=O) groups is 3. The fourth-order valence-electron chi connectivity index (χ4n) is 5.03. The van der Waals surface area contributed by atoms with Gasteiger partial charge in [0.1, 0.15) is 11.5 Å². The molecule has 0 radical (unpaired) electrons. The van der Waals surface area contributed by atoms with Gasteiger partial charge in [-0.15, -0.1) is 0 Å². The molecule has 214 valence electrons. The van der Waals surface area contributed by atoms with Gasteiger partial charge in [-0.3, -0.25) is 14.4 Å². The number of nitrogens with one attached hydrogen (secondary N) is 1. The fourth-order valence-corrected chi connectivity index (χ4v) is 5.03. The van der Waals surface area contributed by atoms with Crippen molar-refractivity contribution in [2.75, 3.05) is 76.9 Å². The molecule has 3 aromatic carbocycles. The van der Waals surface area contributed by atoms with Gasteiger partial charge in [0, 0.05) is 61.8 Å². The predicted molar refractivity (Wildman–Crippen MR) is 155 cm³/mol. The first-order valence-corrected chi connectivity index (χ1v) is 13.6. The van der Waals surface area contributed by atoms with Crippen molar-refractivity contribution in [2.45, 2.75) is 0 Å². The minimum absolute atomic E-state index is 0.0347. The van der Waals surface area contributed by atoms with Gasteiger partial charge >= 0.3 is 0 Å². The van der Waals surface area contributed by atoms with Crippen LogP contribution >= 0.6 is 0 Å². The second kappa shape index (κ2) is 12.7. The zero-order valence-corrected chi connectivity index (χ0v) is 23.3. The summed E-state index contributed by atoms with van der Waals surface area (Å²) >= 11 is 0. The number of hydrogen-bond acceptors (Lipinski definition) is 7. The van der Waals surface area contributed by atoms with Crippen molar-refractivity contribution in [3.8, 4) is 11.5 Å². The molecule has 1 N–H and O–H groups in total. The Bertz CT molecular complexity index is 1400. The number of rotatable bonds is 7. The lowest BCUT2D eigenvalue weighted by Crippen LogP contribution is -2.49. The summed E-state index contributed by atoms with van der Waals surface area (Å²) in [5.41, 5.74) is 2.86. The quantitative estimate of drug-likeness (QED) is 0.475. The Morgan fingerprint density at radius 1 is 0.707 bits per heavy atom. The number of nitrogens with zero attached hydrogens (tertiary/aromatic N) is 3. The first-order valence-electron chi connectivity index (χ1n) is 13.6. The highest BCUT2D eigenvalue weighted by molar-refractivity contribution is 6.06. The van der Waals surface area contributed by atoms with E-state index in [-0.39, 0.29) is 17.7 Å². The number of piperazine rings is 1. The monoisotopic (exact) mass is 558 g/mol. The molecule has 10 heteroatoms. The molecule has 0 aromatic heterocycles. The van der Waals surface area contributed by atoms with Crippen LogP contribution in [0.1, 0.15) is 31.1 Å². The number of amides is 3. The second-order valence-electron chi connectivity index (χ2n) is 9.83. The van der Waals surface area contributed by atoms with Gasteiger partial charge in [-0.05, 0) is 60.7 Å².